The van der Waals surface area contributed by atoms with E-state index in [-0.39, 0.29) is 0 Å². The zero-order valence-corrected chi connectivity index (χ0v) is 12.2. The lowest BCUT2D eigenvalue weighted by Gasteiger charge is -2.07. The fourth-order valence-corrected chi connectivity index (χ4v) is 2.63. The molecule has 0 saturated carbocycles. The Bertz CT molecular complexity index is 629. The molecule has 0 amide bonds. The van der Waals surface area contributed by atoms with Gasteiger partial charge in [0.1, 0.15) is 5.03 Å². The predicted octanol–water partition coefficient (Wildman–Crippen LogP) is 4.83. The van der Waals surface area contributed by atoms with Crippen molar-refractivity contribution in [2.24, 2.45) is 0 Å². The van der Waals surface area contributed by atoms with Gasteiger partial charge in [-0.2, -0.15) is 13.2 Å². The largest absolute Gasteiger partial charge is 0.417 e. The molecular weight excluding hydrogens is 355 g/mol. The highest BCUT2D eigenvalue weighted by atomic mass is 79.9. The Balaban J connectivity index is 2.25. The average molecular weight is 362 g/mol. The smallest absolute Gasteiger partial charge is 0.298 e. The summed E-state index contributed by atoms with van der Waals surface area (Å²) < 4.78 is 38.0. The van der Waals surface area contributed by atoms with Gasteiger partial charge in [0.2, 0.25) is 0 Å². The molecule has 0 unspecified atom stereocenters. The molecule has 0 bridgehead atoms. The van der Waals surface area contributed by atoms with Crippen LogP contribution in [0.25, 0.3) is 0 Å². The Kier molecular flexibility index (Phi) is 4.49. The molecule has 1 aromatic heterocycles. The first-order valence-corrected chi connectivity index (χ1v) is 6.97. The average Bonchev–Trinajstić information content (AvgIpc) is 2.40. The van der Waals surface area contributed by atoms with Crippen molar-refractivity contribution in [3.05, 3.63) is 52.1 Å². The van der Waals surface area contributed by atoms with E-state index < -0.39 is 11.7 Å². The van der Waals surface area contributed by atoms with Gasteiger partial charge in [-0.25, -0.2) is 4.98 Å². The number of alkyl halides is 3. The Morgan fingerprint density at radius 3 is 2.50 bits per heavy atom. The van der Waals surface area contributed by atoms with Crippen LogP contribution >= 0.6 is 27.7 Å². The van der Waals surface area contributed by atoms with Gasteiger partial charge >= 0.3 is 6.18 Å². The van der Waals surface area contributed by atoms with Crippen LogP contribution in [-0.2, 0) is 6.18 Å². The maximum atomic E-state index is 12.4. The number of nitrogens with zero attached hydrogens (tertiary/aromatic N) is 1. The Labute approximate surface area is 125 Å². The van der Waals surface area contributed by atoms with Gasteiger partial charge in [0.15, 0.2) is 6.29 Å². The second-order valence-corrected chi connectivity index (χ2v) is 5.76. The topological polar surface area (TPSA) is 30.0 Å². The number of aldehydes is 1. The first kappa shape index (κ1) is 15.1. The maximum Gasteiger partial charge on any atom is 0.417 e. The number of rotatable bonds is 3. The van der Waals surface area contributed by atoms with Gasteiger partial charge in [-0.1, -0.05) is 27.7 Å². The molecule has 7 heteroatoms. The number of hydrogen-bond donors (Lipinski definition) is 0. The number of hydrogen-bond acceptors (Lipinski definition) is 3. The minimum atomic E-state index is -4.40. The number of carbonyl (C=O) groups excluding carboxylic acids is 1. The molecule has 104 valence electrons. The van der Waals surface area contributed by atoms with E-state index in [0.29, 0.717) is 21.8 Å². The van der Waals surface area contributed by atoms with Gasteiger partial charge in [0.05, 0.1) is 5.56 Å². The van der Waals surface area contributed by atoms with Crippen molar-refractivity contribution in [3.8, 4) is 0 Å². The molecule has 1 aromatic carbocycles. The molecule has 0 fully saturated rings. The number of aromatic nitrogens is 1. The SMILES string of the molecule is O=Cc1cc(Br)ccc1Sc1ccc(C(F)(F)F)cn1. The van der Waals surface area contributed by atoms with Crippen molar-refractivity contribution >= 4 is 34.0 Å². The molecule has 0 spiro atoms. The molecule has 0 atom stereocenters. The van der Waals surface area contributed by atoms with Crippen molar-refractivity contribution in [1.29, 1.82) is 0 Å². The number of benzene rings is 1. The van der Waals surface area contributed by atoms with Gasteiger partial charge in [0.25, 0.3) is 0 Å². The predicted molar refractivity (Wildman–Crippen MR) is 72.9 cm³/mol. The fraction of sp³-hybridized carbons (Fsp3) is 0.0769. The molecular formula is C13H7BrF3NOS. The summed E-state index contributed by atoms with van der Waals surface area (Å²) in [6.07, 6.45) is -2.93. The van der Waals surface area contributed by atoms with Crippen LogP contribution < -0.4 is 0 Å². The molecule has 0 radical (unpaired) electrons. The summed E-state index contributed by atoms with van der Waals surface area (Å²) >= 11 is 4.38. The summed E-state index contributed by atoms with van der Waals surface area (Å²) in [4.78, 5) is 15.3. The first-order chi connectivity index (χ1) is 9.40. The van der Waals surface area contributed by atoms with E-state index in [0.717, 1.165) is 28.5 Å². The highest BCUT2D eigenvalue weighted by Crippen LogP contribution is 2.33. The summed E-state index contributed by atoms with van der Waals surface area (Å²) in [6.45, 7) is 0. The van der Waals surface area contributed by atoms with Crippen LogP contribution in [-0.4, -0.2) is 11.3 Å². The van der Waals surface area contributed by atoms with Crippen molar-refractivity contribution in [2.45, 2.75) is 16.1 Å². The lowest BCUT2D eigenvalue weighted by molar-refractivity contribution is -0.137. The molecule has 0 saturated heterocycles. The molecule has 20 heavy (non-hydrogen) atoms. The van der Waals surface area contributed by atoms with E-state index >= 15 is 0 Å². The molecule has 0 N–H and O–H groups in total. The van der Waals surface area contributed by atoms with Gasteiger partial charge in [0, 0.05) is 21.1 Å². The van der Waals surface area contributed by atoms with Crippen LogP contribution in [0.1, 0.15) is 15.9 Å². The van der Waals surface area contributed by atoms with Crippen molar-refractivity contribution in [1.82, 2.24) is 4.98 Å². The lowest BCUT2D eigenvalue weighted by atomic mass is 10.2. The van der Waals surface area contributed by atoms with E-state index in [1.54, 1.807) is 18.2 Å². The molecule has 0 aliphatic carbocycles. The highest BCUT2D eigenvalue weighted by molar-refractivity contribution is 9.10. The van der Waals surface area contributed by atoms with Crippen LogP contribution in [0, 0.1) is 0 Å². The second-order valence-electron chi connectivity index (χ2n) is 3.78. The van der Waals surface area contributed by atoms with Gasteiger partial charge in [-0.15, -0.1) is 0 Å². The third kappa shape index (κ3) is 3.61. The zero-order valence-electron chi connectivity index (χ0n) is 9.82. The van der Waals surface area contributed by atoms with Crippen LogP contribution in [0.2, 0.25) is 0 Å². The first-order valence-electron chi connectivity index (χ1n) is 5.36. The van der Waals surface area contributed by atoms with Crippen LogP contribution in [0.15, 0.2) is 50.9 Å². The third-order valence-electron chi connectivity index (χ3n) is 2.38. The highest BCUT2D eigenvalue weighted by Gasteiger charge is 2.30. The normalized spacial score (nSPS) is 11.4. The van der Waals surface area contributed by atoms with E-state index in [9.17, 15) is 18.0 Å². The van der Waals surface area contributed by atoms with Crippen LogP contribution in [0.5, 0.6) is 0 Å². The minimum Gasteiger partial charge on any atom is -0.298 e. The monoisotopic (exact) mass is 361 g/mol. The van der Waals surface area contributed by atoms with Gasteiger partial charge < -0.3 is 0 Å². The van der Waals surface area contributed by atoms with E-state index in [4.69, 9.17) is 0 Å². The maximum absolute atomic E-state index is 12.4. The van der Waals surface area contributed by atoms with Crippen LogP contribution in [0.4, 0.5) is 13.2 Å². The molecule has 2 nitrogen and oxygen atoms in total. The number of pyridine rings is 1. The molecule has 0 aliphatic rings. The fourth-order valence-electron chi connectivity index (χ4n) is 1.43. The van der Waals surface area contributed by atoms with Crippen LogP contribution in [0.3, 0.4) is 0 Å². The third-order valence-corrected chi connectivity index (χ3v) is 3.91. The lowest BCUT2D eigenvalue weighted by Crippen LogP contribution is -2.05. The molecule has 0 aliphatic heterocycles. The van der Waals surface area contributed by atoms with Crippen molar-refractivity contribution in [2.75, 3.05) is 0 Å². The summed E-state index contributed by atoms with van der Waals surface area (Å²) in [5.74, 6) is 0. The molecule has 2 aromatic rings. The Hall–Kier alpha value is -1.34. The summed E-state index contributed by atoms with van der Waals surface area (Å²) in [5, 5.41) is 0.392. The molecule has 1 heterocycles. The quantitative estimate of drug-likeness (QED) is 0.733. The second kappa shape index (κ2) is 5.97. The van der Waals surface area contributed by atoms with Crippen molar-refractivity contribution in [3.63, 3.8) is 0 Å². The minimum absolute atomic E-state index is 0.392. The molecule has 2 rings (SSSR count). The zero-order chi connectivity index (χ0) is 14.8. The summed E-state index contributed by atoms with van der Waals surface area (Å²) in [5.41, 5.74) is -0.348. The van der Waals surface area contributed by atoms with Crippen molar-refractivity contribution < 1.29 is 18.0 Å². The summed E-state index contributed by atoms with van der Waals surface area (Å²) in [6, 6.07) is 7.34. The van der Waals surface area contributed by atoms with E-state index in [1.807, 2.05) is 0 Å². The van der Waals surface area contributed by atoms with Gasteiger partial charge in [-0.3, -0.25) is 4.79 Å². The van der Waals surface area contributed by atoms with E-state index in [1.165, 1.54) is 6.07 Å². The Morgan fingerprint density at radius 1 is 1.20 bits per heavy atom. The summed E-state index contributed by atoms with van der Waals surface area (Å²) in [7, 11) is 0. The standard InChI is InChI=1S/C13H7BrF3NOS/c14-10-2-3-11(8(5-10)7-19)20-12-4-1-9(6-18-12)13(15,16)17/h1-7H. The van der Waals surface area contributed by atoms with Gasteiger partial charge in [-0.05, 0) is 30.3 Å². The van der Waals surface area contributed by atoms with E-state index in [2.05, 4.69) is 20.9 Å². The Morgan fingerprint density at radius 2 is 1.95 bits per heavy atom. The number of halogens is 4. The number of carbonyl (C=O) groups is 1.